The van der Waals surface area contributed by atoms with Crippen molar-refractivity contribution in [2.24, 2.45) is 5.73 Å². The highest BCUT2D eigenvalue weighted by Gasteiger charge is 2.21. The van der Waals surface area contributed by atoms with Gasteiger partial charge in [-0.1, -0.05) is 0 Å². The summed E-state index contributed by atoms with van der Waals surface area (Å²) in [6.45, 7) is 10.1. The summed E-state index contributed by atoms with van der Waals surface area (Å²) >= 11 is 0. The first-order valence-corrected chi connectivity index (χ1v) is 7.47. The number of amides is 2. The van der Waals surface area contributed by atoms with E-state index in [1.165, 1.54) is 13.0 Å². The maximum atomic E-state index is 11.4. The molecule has 0 aromatic rings. The molecule has 2 heterocycles. The molecule has 2 saturated heterocycles. The van der Waals surface area contributed by atoms with Crippen molar-refractivity contribution in [3.05, 3.63) is 0 Å². The third-order valence-corrected chi connectivity index (χ3v) is 4.02. The van der Waals surface area contributed by atoms with Gasteiger partial charge in [0.05, 0.1) is 0 Å². The van der Waals surface area contributed by atoms with Crippen LogP contribution in [0.15, 0.2) is 0 Å². The maximum absolute atomic E-state index is 11.4. The van der Waals surface area contributed by atoms with Gasteiger partial charge < -0.3 is 20.9 Å². The number of nitrogens with zero attached hydrogens (tertiary/aromatic N) is 3. The molecule has 110 valence electrons. The number of urea groups is 1. The summed E-state index contributed by atoms with van der Waals surface area (Å²) in [5.41, 5.74) is 5.51. The Bertz CT molecular complexity index is 278. The molecule has 2 aliphatic rings. The van der Waals surface area contributed by atoms with Crippen LogP contribution in [0.25, 0.3) is 0 Å². The smallest absolute Gasteiger partial charge is 0.317 e. The SMILES string of the molecule is NCCCCN1CCN(CCN2CCNC2=O)CC1. The van der Waals surface area contributed by atoms with Crippen LogP contribution in [-0.4, -0.2) is 86.2 Å². The number of carbonyl (C=O) groups is 1. The van der Waals surface area contributed by atoms with Gasteiger partial charge >= 0.3 is 6.03 Å². The number of carbonyl (C=O) groups excluding carboxylic acids is 1. The molecular weight excluding hydrogens is 242 g/mol. The Morgan fingerprint density at radius 2 is 1.63 bits per heavy atom. The molecule has 0 radical (unpaired) electrons. The van der Waals surface area contributed by atoms with Gasteiger partial charge in [-0.25, -0.2) is 4.79 Å². The largest absolute Gasteiger partial charge is 0.336 e. The number of nitrogens with one attached hydrogen (secondary N) is 1. The van der Waals surface area contributed by atoms with Crippen LogP contribution >= 0.6 is 0 Å². The van der Waals surface area contributed by atoms with E-state index in [9.17, 15) is 4.79 Å². The highest BCUT2D eigenvalue weighted by molar-refractivity contribution is 5.76. The van der Waals surface area contributed by atoms with Crippen LogP contribution in [0.5, 0.6) is 0 Å². The second-order valence-electron chi connectivity index (χ2n) is 5.40. The summed E-state index contributed by atoms with van der Waals surface area (Å²) in [6, 6.07) is 0.0976. The quantitative estimate of drug-likeness (QED) is 0.604. The lowest BCUT2D eigenvalue weighted by Crippen LogP contribution is -2.48. The third kappa shape index (κ3) is 4.63. The molecule has 6 nitrogen and oxygen atoms in total. The van der Waals surface area contributed by atoms with Gasteiger partial charge in [-0.3, -0.25) is 4.90 Å². The monoisotopic (exact) mass is 269 g/mol. The highest BCUT2D eigenvalue weighted by atomic mass is 16.2. The van der Waals surface area contributed by atoms with E-state index in [0.29, 0.717) is 0 Å². The maximum Gasteiger partial charge on any atom is 0.317 e. The molecule has 0 aromatic carbocycles. The zero-order valence-electron chi connectivity index (χ0n) is 11.8. The van der Waals surface area contributed by atoms with Crippen LogP contribution in [0, 0.1) is 0 Å². The molecular formula is C13H27N5O. The molecule has 6 heteroatoms. The van der Waals surface area contributed by atoms with E-state index < -0.39 is 0 Å². The zero-order chi connectivity index (χ0) is 13.5. The van der Waals surface area contributed by atoms with Gasteiger partial charge in [-0.05, 0) is 25.9 Å². The minimum atomic E-state index is 0.0976. The van der Waals surface area contributed by atoms with Crippen molar-refractivity contribution >= 4 is 6.03 Å². The van der Waals surface area contributed by atoms with Crippen LogP contribution in [0.2, 0.25) is 0 Å². The van der Waals surface area contributed by atoms with Crippen LogP contribution in [0.1, 0.15) is 12.8 Å². The molecule has 0 aromatic heterocycles. The van der Waals surface area contributed by atoms with E-state index in [1.807, 2.05) is 4.90 Å². The number of piperazine rings is 1. The number of unbranched alkanes of at least 4 members (excludes halogenated alkanes) is 1. The first kappa shape index (κ1) is 14.6. The van der Waals surface area contributed by atoms with Gasteiger partial charge in [0.15, 0.2) is 0 Å². The topological polar surface area (TPSA) is 64.8 Å². The lowest BCUT2D eigenvalue weighted by Gasteiger charge is -2.35. The van der Waals surface area contributed by atoms with Crippen LogP contribution in [-0.2, 0) is 0 Å². The summed E-state index contributed by atoms with van der Waals surface area (Å²) in [5.74, 6) is 0. The number of nitrogens with two attached hydrogens (primary N) is 1. The van der Waals surface area contributed by atoms with E-state index in [0.717, 1.165) is 65.3 Å². The Hall–Kier alpha value is -0.850. The minimum Gasteiger partial charge on any atom is -0.336 e. The Balaban J connectivity index is 1.57. The van der Waals surface area contributed by atoms with Crippen LogP contribution in [0.3, 0.4) is 0 Å². The standard InChI is InChI=1S/C13H27N5O/c14-3-1-2-5-16-7-9-17(10-8-16)11-12-18-6-4-15-13(18)19/h1-12,14H2,(H,15,19). The minimum absolute atomic E-state index is 0.0976. The second-order valence-corrected chi connectivity index (χ2v) is 5.40. The van der Waals surface area contributed by atoms with E-state index in [-0.39, 0.29) is 6.03 Å². The molecule has 2 aliphatic heterocycles. The molecule has 2 fully saturated rings. The molecule has 0 bridgehead atoms. The number of hydrogen-bond acceptors (Lipinski definition) is 4. The fraction of sp³-hybridized carbons (Fsp3) is 0.923. The summed E-state index contributed by atoms with van der Waals surface area (Å²) in [6.07, 6.45) is 2.34. The fourth-order valence-corrected chi connectivity index (χ4v) is 2.70. The Labute approximate surface area is 115 Å². The van der Waals surface area contributed by atoms with Crippen molar-refractivity contribution in [1.82, 2.24) is 20.0 Å². The normalized spacial score (nSPS) is 21.9. The van der Waals surface area contributed by atoms with Gasteiger partial charge in [-0.15, -0.1) is 0 Å². The van der Waals surface area contributed by atoms with Crippen molar-refractivity contribution in [2.75, 3.05) is 65.4 Å². The molecule has 0 aliphatic carbocycles. The van der Waals surface area contributed by atoms with Gasteiger partial charge in [0.25, 0.3) is 0 Å². The van der Waals surface area contributed by atoms with Gasteiger partial charge in [0.1, 0.15) is 0 Å². The summed E-state index contributed by atoms with van der Waals surface area (Å²) in [7, 11) is 0. The van der Waals surface area contributed by atoms with Crippen molar-refractivity contribution in [1.29, 1.82) is 0 Å². The molecule has 19 heavy (non-hydrogen) atoms. The lowest BCUT2D eigenvalue weighted by molar-refractivity contribution is 0.123. The number of rotatable bonds is 7. The van der Waals surface area contributed by atoms with E-state index in [4.69, 9.17) is 5.73 Å². The van der Waals surface area contributed by atoms with Crippen molar-refractivity contribution in [2.45, 2.75) is 12.8 Å². The molecule has 2 amide bonds. The van der Waals surface area contributed by atoms with E-state index in [1.54, 1.807) is 0 Å². The summed E-state index contributed by atoms with van der Waals surface area (Å²) in [4.78, 5) is 18.3. The first-order valence-electron chi connectivity index (χ1n) is 7.47. The molecule has 3 N–H and O–H groups in total. The van der Waals surface area contributed by atoms with Gasteiger partial charge in [-0.2, -0.15) is 0 Å². The Morgan fingerprint density at radius 1 is 0.947 bits per heavy atom. The fourth-order valence-electron chi connectivity index (χ4n) is 2.70. The summed E-state index contributed by atoms with van der Waals surface area (Å²) in [5, 5.41) is 2.84. The van der Waals surface area contributed by atoms with Crippen molar-refractivity contribution in [3.8, 4) is 0 Å². The van der Waals surface area contributed by atoms with Crippen molar-refractivity contribution in [3.63, 3.8) is 0 Å². The molecule has 0 spiro atoms. The van der Waals surface area contributed by atoms with Crippen molar-refractivity contribution < 1.29 is 4.79 Å². The average molecular weight is 269 g/mol. The van der Waals surface area contributed by atoms with E-state index in [2.05, 4.69) is 15.1 Å². The Morgan fingerprint density at radius 3 is 2.21 bits per heavy atom. The van der Waals surface area contributed by atoms with Crippen LogP contribution < -0.4 is 11.1 Å². The molecule has 2 rings (SSSR count). The molecule has 0 atom stereocenters. The third-order valence-electron chi connectivity index (χ3n) is 4.02. The second kappa shape index (κ2) is 7.67. The predicted octanol–water partition coefficient (Wildman–Crippen LogP) is -0.632. The van der Waals surface area contributed by atoms with E-state index >= 15 is 0 Å². The zero-order valence-corrected chi connectivity index (χ0v) is 11.8. The average Bonchev–Trinajstić information content (AvgIpc) is 2.84. The number of hydrogen-bond donors (Lipinski definition) is 2. The Kier molecular flexibility index (Phi) is 5.88. The van der Waals surface area contributed by atoms with Crippen LogP contribution in [0.4, 0.5) is 4.79 Å². The predicted molar refractivity (Wildman–Crippen MR) is 76.1 cm³/mol. The lowest BCUT2D eigenvalue weighted by atomic mass is 10.2. The molecule has 0 unspecified atom stereocenters. The summed E-state index contributed by atoms with van der Waals surface area (Å²) < 4.78 is 0. The van der Waals surface area contributed by atoms with Gasteiger partial charge in [0.2, 0.25) is 0 Å². The van der Waals surface area contributed by atoms with Gasteiger partial charge in [0, 0.05) is 52.4 Å². The molecule has 0 saturated carbocycles. The highest BCUT2D eigenvalue weighted by Crippen LogP contribution is 2.04. The first-order chi connectivity index (χ1) is 9.29.